The van der Waals surface area contributed by atoms with Gasteiger partial charge in [-0.2, -0.15) is 0 Å². The van der Waals surface area contributed by atoms with Crippen LogP contribution in [0.25, 0.3) is 18.2 Å². The van der Waals surface area contributed by atoms with Crippen molar-refractivity contribution < 1.29 is 4.74 Å². The SMILES string of the molecule is C=C/C=C\c1ccc2c(c1C=C)OCC=C2. The van der Waals surface area contributed by atoms with Crippen LogP contribution >= 0.6 is 0 Å². The number of allylic oxidation sites excluding steroid dienone is 2. The first-order chi connectivity index (χ1) is 7.86. The van der Waals surface area contributed by atoms with E-state index in [2.05, 4.69) is 31.4 Å². The maximum absolute atomic E-state index is 5.65. The number of hydrogen-bond acceptors (Lipinski definition) is 1. The highest BCUT2D eigenvalue weighted by Crippen LogP contribution is 2.32. The Morgan fingerprint density at radius 3 is 2.88 bits per heavy atom. The van der Waals surface area contributed by atoms with Gasteiger partial charge in [-0.3, -0.25) is 0 Å². The van der Waals surface area contributed by atoms with Gasteiger partial charge in [0, 0.05) is 11.1 Å². The zero-order chi connectivity index (χ0) is 11.4. The molecule has 0 fully saturated rings. The predicted molar refractivity (Wildman–Crippen MR) is 70.3 cm³/mol. The van der Waals surface area contributed by atoms with Crippen LogP contribution in [0.1, 0.15) is 16.7 Å². The second kappa shape index (κ2) is 4.67. The van der Waals surface area contributed by atoms with Crippen molar-refractivity contribution in [3.05, 3.63) is 60.2 Å². The molecule has 0 saturated carbocycles. The minimum atomic E-state index is 0.627. The van der Waals surface area contributed by atoms with Gasteiger partial charge < -0.3 is 4.74 Å². The largest absolute Gasteiger partial charge is 0.488 e. The Labute approximate surface area is 96.1 Å². The van der Waals surface area contributed by atoms with E-state index in [-0.39, 0.29) is 0 Å². The third kappa shape index (κ3) is 1.84. The number of rotatable bonds is 3. The zero-order valence-electron chi connectivity index (χ0n) is 9.15. The Balaban J connectivity index is 2.56. The van der Waals surface area contributed by atoms with Crippen molar-refractivity contribution >= 4 is 18.2 Å². The van der Waals surface area contributed by atoms with E-state index in [0.717, 1.165) is 22.4 Å². The van der Waals surface area contributed by atoms with Crippen molar-refractivity contribution in [1.82, 2.24) is 0 Å². The molecule has 1 nitrogen and oxygen atoms in total. The van der Waals surface area contributed by atoms with Gasteiger partial charge in [0.1, 0.15) is 12.4 Å². The first-order valence-corrected chi connectivity index (χ1v) is 5.24. The summed E-state index contributed by atoms with van der Waals surface area (Å²) in [6.07, 6.45) is 11.6. The monoisotopic (exact) mass is 210 g/mol. The highest BCUT2D eigenvalue weighted by molar-refractivity contribution is 5.76. The van der Waals surface area contributed by atoms with Gasteiger partial charge in [-0.05, 0) is 11.6 Å². The minimum Gasteiger partial charge on any atom is -0.488 e. The molecule has 1 heteroatoms. The fourth-order valence-corrected chi connectivity index (χ4v) is 1.76. The Hall–Kier alpha value is -2.02. The van der Waals surface area contributed by atoms with Crippen LogP contribution in [0.4, 0.5) is 0 Å². The highest BCUT2D eigenvalue weighted by Gasteiger charge is 2.11. The van der Waals surface area contributed by atoms with Gasteiger partial charge in [0.15, 0.2) is 0 Å². The Bertz CT molecular complexity index is 478. The summed E-state index contributed by atoms with van der Waals surface area (Å²) in [7, 11) is 0. The summed E-state index contributed by atoms with van der Waals surface area (Å²) >= 11 is 0. The molecule has 16 heavy (non-hydrogen) atoms. The minimum absolute atomic E-state index is 0.627. The Morgan fingerprint density at radius 1 is 1.25 bits per heavy atom. The first kappa shape index (κ1) is 10.5. The fraction of sp³-hybridized carbons (Fsp3) is 0.0667. The highest BCUT2D eigenvalue weighted by atomic mass is 16.5. The summed E-state index contributed by atoms with van der Waals surface area (Å²) in [4.78, 5) is 0. The molecule has 0 N–H and O–H groups in total. The number of hydrogen-bond donors (Lipinski definition) is 0. The Kier molecular flexibility index (Phi) is 3.06. The molecule has 0 unspecified atom stereocenters. The molecule has 1 aromatic rings. The average molecular weight is 210 g/mol. The van der Waals surface area contributed by atoms with Crippen molar-refractivity contribution in [3.8, 4) is 5.75 Å². The van der Waals surface area contributed by atoms with E-state index in [1.807, 2.05) is 24.3 Å². The average Bonchev–Trinajstić information content (AvgIpc) is 2.35. The predicted octanol–water partition coefficient (Wildman–Crippen LogP) is 3.93. The van der Waals surface area contributed by atoms with Crippen LogP contribution in [0.2, 0.25) is 0 Å². The lowest BCUT2D eigenvalue weighted by atomic mass is 10.00. The van der Waals surface area contributed by atoms with Crippen LogP contribution in [0.15, 0.2) is 43.5 Å². The molecule has 0 radical (unpaired) electrons. The molecule has 0 amide bonds. The quantitative estimate of drug-likeness (QED) is 0.687. The standard InChI is InChI=1S/C15H14O/c1-3-5-7-12-9-10-13-8-6-11-16-15(13)14(12)4-2/h3-10H,1-2,11H2/b7-5-. The summed E-state index contributed by atoms with van der Waals surface area (Å²) in [6, 6.07) is 4.12. The van der Waals surface area contributed by atoms with Crippen LogP contribution < -0.4 is 4.74 Å². The molecule has 80 valence electrons. The molecule has 1 aliphatic heterocycles. The van der Waals surface area contributed by atoms with E-state index in [9.17, 15) is 0 Å². The second-order valence-electron chi connectivity index (χ2n) is 3.50. The van der Waals surface area contributed by atoms with E-state index in [1.165, 1.54) is 0 Å². The molecule has 0 aromatic heterocycles. The molecular weight excluding hydrogens is 196 g/mol. The molecule has 2 rings (SSSR count). The van der Waals surface area contributed by atoms with E-state index in [4.69, 9.17) is 4.74 Å². The molecule has 1 aliphatic rings. The lowest BCUT2D eigenvalue weighted by Crippen LogP contribution is -2.02. The summed E-state index contributed by atoms with van der Waals surface area (Å²) < 4.78 is 5.65. The van der Waals surface area contributed by atoms with Crippen molar-refractivity contribution in [2.45, 2.75) is 0 Å². The molecule has 1 heterocycles. The lowest BCUT2D eigenvalue weighted by molar-refractivity contribution is 0.357. The van der Waals surface area contributed by atoms with Gasteiger partial charge in [-0.25, -0.2) is 0 Å². The second-order valence-corrected chi connectivity index (χ2v) is 3.50. The van der Waals surface area contributed by atoms with E-state index >= 15 is 0 Å². The van der Waals surface area contributed by atoms with Crippen LogP contribution in [0.3, 0.4) is 0 Å². The van der Waals surface area contributed by atoms with E-state index in [0.29, 0.717) is 6.61 Å². The third-order valence-electron chi connectivity index (χ3n) is 2.50. The smallest absolute Gasteiger partial charge is 0.134 e. The molecule has 0 atom stereocenters. The zero-order valence-corrected chi connectivity index (χ0v) is 9.15. The third-order valence-corrected chi connectivity index (χ3v) is 2.50. The Morgan fingerprint density at radius 2 is 2.12 bits per heavy atom. The van der Waals surface area contributed by atoms with Crippen molar-refractivity contribution in [3.63, 3.8) is 0 Å². The van der Waals surface area contributed by atoms with Crippen LogP contribution in [-0.2, 0) is 0 Å². The van der Waals surface area contributed by atoms with Crippen molar-refractivity contribution in [2.75, 3.05) is 6.61 Å². The van der Waals surface area contributed by atoms with Crippen molar-refractivity contribution in [1.29, 1.82) is 0 Å². The van der Waals surface area contributed by atoms with E-state index in [1.54, 1.807) is 6.08 Å². The maximum atomic E-state index is 5.65. The molecule has 0 aliphatic carbocycles. The molecule has 0 saturated heterocycles. The fourth-order valence-electron chi connectivity index (χ4n) is 1.76. The molecule has 1 aromatic carbocycles. The first-order valence-electron chi connectivity index (χ1n) is 5.24. The van der Waals surface area contributed by atoms with Gasteiger partial charge in [0.05, 0.1) is 0 Å². The number of benzene rings is 1. The van der Waals surface area contributed by atoms with Crippen LogP contribution in [-0.4, -0.2) is 6.61 Å². The lowest BCUT2D eigenvalue weighted by Gasteiger charge is -2.16. The van der Waals surface area contributed by atoms with Gasteiger partial charge >= 0.3 is 0 Å². The van der Waals surface area contributed by atoms with Gasteiger partial charge in [-0.1, -0.05) is 55.7 Å². The molecule has 0 spiro atoms. The summed E-state index contributed by atoms with van der Waals surface area (Å²) in [5.74, 6) is 0.920. The van der Waals surface area contributed by atoms with Crippen molar-refractivity contribution in [2.24, 2.45) is 0 Å². The maximum Gasteiger partial charge on any atom is 0.134 e. The number of fused-ring (bicyclic) bond motifs is 1. The van der Waals surface area contributed by atoms with E-state index < -0.39 is 0 Å². The number of ether oxygens (including phenoxy) is 1. The van der Waals surface area contributed by atoms with Crippen LogP contribution in [0, 0.1) is 0 Å². The van der Waals surface area contributed by atoms with Gasteiger partial charge in [0.25, 0.3) is 0 Å². The van der Waals surface area contributed by atoms with Crippen LogP contribution in [0.5, 0.6) is 5.75 Å². The van der Waals surface area contributed by atoms with Gasteiger partial charge in [-0.15, -0.1) is 0 Å². The summed E-state index contributed by atoms with van der Waals surface area (Å²) in [6.45, 7) is 8.14. The van der Waals surface area contributed by atoms with Gasteiger partial charge in [0.2, 0.25) is 0 Å². The molecule has 0 bridgehead atoms. The molecular formula is C15H14O. The normalized spacial score (nSPS) is 13.2. The topological polar surface area (TPSA) is 9.23 Å². The summed E-state index contributed by atoms with van der Waals surface area (Å²) in [5.41, 5.74) is 3.25. The summed E-state index contributed by atoms with van der Waals surface area (Å²) in [5, 5.41) is 0.